The largest absolute Gasteiger partial charge is 0.497 e. The van der Waals surface area contributed by atoms with Gasteiger partial charge in [0.25, 0.3) is 5.91 Å². The Kier molecular flexibility index (Phi) is 6.79. The Bertz CT molecular complexity index is 752. The van der Waals surface area contributed by atoms with Gasteiger partial charge in [0, 0.05) is 10.6 Å². The molecule has 0 saturated carbocycles. The fourth-order valence-corrected chi connectivity index (χ4v) is 2.74. The SMILES string of the molecule is COc1ccc(OC)c([C@H](C)NC(=O)COc2ccc(Cl)cc2Cl)c1. The van der Waals surface area contributed by atoms with E-state index in [-0.39, 0.29) is 18.6 Å². The predicted octanol–water partition coefficient (Wildman–Crippen LogP) is 4.27. The molecule has 0 fully saturated rings. The fraction of sp³-hybridized carbons (Fsp3) is 0.278. The summed E-state index contributed by atoms with van der Waals surface area (Å²) in [6.07, 6.45) is 0. The van der Waals surface area contributed by atoms with E-state index in [4.69, 9.17) is 37.4 Å². The lowest BCUT2D eigenvalue weighted by atomic mass is 10.1. The lowest BCUT2D eigenvalue weighted by molar-refractivity contribution is -0.123. The van der Waals surface area contributed by atoms with Crippen LogP contribution in [0.3, 0.4) is 0 Å². The third kappa shape index (κ3) is 5.18. The van der Waals surface area contributed by atoms with Crippen LogP contribution in [0.4, 0.5) is 0 Å². The molecule has 0 aliphatic heterocycles. The van der Waals surface area contributed by atoms with Gasteiger partial charge in [0.05, 0.1) is 25.3 Å². The first-order valence-corrected chi connectivity index (χ1v) is 8.29. The summed E-state index contributed by atoms with van der Waals surface area (Å²) in [6, 6.07) is 9.93. The van der Waals surface area contributed by atoms with E-state index in [9.17, 15) is 4.79 Å². The number of benzene rings is 2. The van der Waals surface area contributed by atoms with Crippen molar-refractivity contribution in [1.29, 1.82) is 0 Å². The van der Waals surface area contributed by atoms with Gasteiger partial charge < -0.3 is 19.5 Å². The minimum atomic E-state index is -0.290. The molecule has 0 aliphatic rings. The van der Waals surface area contributed by atoms with Crippen molar-refractivity contribution in [3.8, 4) is 17.2 Å². The van der Waals surface area contributed by atoms with Crippen LogP contribution in [0.5, 0.6) is 17.2 Å². The van der Waals surface area contributed by atoms with Gasteiger partial charge in [0.15, 0.2) is 6.61 Å². The van der Waals surface area contributed by atoms with Crippen LogP contribution in [0.2, 0.25) is 10.0 Å². The number of carbonyl (C=O) groups is 1. The van der Waals surface area contributed by atoms with Gasteiger partial charge in [-0.25, -0.2) is 0 Å². The maximum Gasteiger partial charge on any atom is 0.258 e. The average Bonchev–Trinajstić information content (AvgIpc) is 2.60. The number of nitrogens with one attached hydrogen (secondary N) is 1. The number of carbonyl (C=O) groups excluding carboxylic acids is 1. The Morgan fingerprint density at radius 3 is 2.44 bits per heavy atom. The Morgan fingerprint density at radius 2 is 1.80 bits per heavy atom. The molecule has 0 heterocycles. The van der Waals surface area contributed by atoms with Crippen LogP contribution in [0, 0.1) is 0 Å². The molecule has 0 unspecified atom stereocenters. The Labute approximate surface area is 156 Å². The topological polar surface area (TPSA) is 56.8 Å². The molecule has 5 nitrogen and oxygen atoms in total. The minimum absolute atomic E-state index is 0.169. The molecule has 0 saturated heterocycles. The molecular formula is C18H19Cl2NO4. The molecule has 0 aliphatic carbocycles. The van der Waals surface area contributed by atoms with Crippen LogP contribution < -0.4 is 19.5 Å². The molecular weight excluding hydrogens is 365 g/mol. The first-order valence-electron chi connectivity index (χ1n) is 7.53. The van der Waals surface area contributed by atoms with Crippen molar-refractivity contribution in [2.45, 2.75) is 13.0 Å². The molecule has 0 bridgehead atoms. The van der Waals surface area contributed by atoms with E-state index >= 15 is 0 Å². The van der Waals surface area contributed by atoms with Gasteiger partial charge in [0.2, 0.25) is 0 Å². The van der Waals surface area contributed by atoms with Crippen LogP contribution in [-0.2, 0) is 4.79 Å². The van der Waals surface area contributed by atoms with Crippen LogP contribution in [-0.4, -0.2) is 26.7 Å². The van der Waals surface area contributed by atoms with Crippen LogP contribution >= 0.6 is 23.2 Å². The predicted molar refractivity (Wildman–Crippen MR) is 98.1 cm³/mol. The van der Waals surface area contributed by atoms with Gasteiger partial charge in [-0.1, -0.05) is 23.2 Å². The van der Waals surface area contributed by atoms with E-state index in [1.807, 2.05) is 13.0 Å². The van der Waals surface area contributed by atoms with Gasteiger partial charge in [-0.05, 0) is 43.3 Å². The molecule has 1 amide bonds. The number of halogens is 2. The van der Waals surface area contributed by atoms with Crippen molar-refractivity contribution < 1.29 is 19.0 Å². The molecule has 2 rings (SSSR count). The molecule has 0 radical (unpaired) electrons. The first-order chi connectivity index (χ1) is 11.9. The van der Waals surface area contributed by atoms with Gasteiger partial charge in [-0.15, -0.1) is 0 Å². The van der Waals surface area contributed by atoms with Gasteiger partial charge >= 0.3 is 0 Å². The summed E-state index contributed by atoms with van der Waals surface area (Å²) in [5.74, 6) is 1.45. The number of rotatable bonds is 7. The summed E-state index contributed by atoms with van der Waals surface area (Å²) >= 11 is 11.8. The van der Waals surface area contributed by atoms with E-state index < -0.39 is 0 Å². The Hall–Kier alpha value is -2.11. The second-order valence-electron chi connectivity index (χ2n) is 5.26. The molecule has 0 spiro atoms. The lowest BCUT2D eigenvalue weighted by Crippen LogP contribution is -2.31. The zero-order valence-electron chi connectivity index (χ0n) is 14.1. The van der Waals surface area contributed by atoms with E-state index in [1.54, 1.807) is 44.6 Å². The highest BCUT2D eigenvalue weighted by atomic mass is 35.5. The highest BCUT2D eigenvalue weighted by Gasteiger charge is 2.16. The molecule has 1 atom stereocenters. The van der Waals surface area contributed by atoms with Crippen molar-refractivity contribution >= 4 is 29.1 Å². The normalized spacial score (nSPS) is 11.6. The summed E-state index contributed by atoms with van der Waals surface area (Å²) in [7, 11) is 3.16. The standard InChI is InChI=1S/C18H19Cl2NO4/c1-11(14-9-13(23-2)5-7-16(14)24-3)21-18(22)10-25-17-6-4-12(19)8-15(17)20/h4-9,11H,10H2,1-3H3,(H,21,22)/t11-/m0/s1. The van der Waals surface area contributed by atoms with E-state index in [1.165, 1.54) is 0 Å². The molecule has 1 N–H and O–H groups in total. The highest BCUT2D eigenvalue weighted by molar-refractivity contribution is 6.35. The smallest absolute Gasteiger partial charge is 0.258 e. The van der Waals surface area contributed by atoms with Gasteiger partial charge in [0.1, 0.15) is 17.2 Å². The number of amides is 1. The number of methoxy groups -OCH3 is 2. The third-order valence-corrected chi connectivity index (χ3v) is 4.06. The monoisotopic (exact) mass is 383 g/mol. The summed E-state index contributed by atoms with van der Waals surface area (Å²) < 4.78 is 16.0. The van der Waals surface area contributed by atoms with Crippen LogP contribution in [0.15, 0.2) is 36.4 Å². The number of hydrogen-bond donors (Lipinski definition) is 1. The number of hydrogen-bond acceptors (Lipinski definition) is 4. The molecule has 2 aromatic rings. The summed E-state index contributed by atoms with van der Waals surface area (Å²) in [5.41, 5.74) is 0.805. The average molecular weight is 384 g/mol. The summed E-state index contributed by atoms with van der Waals surface area (Å²) in [5, 5.41) is 3.70. The quantitative estimate of drug-likeness (QED) is 0.775. The molecule has 25 heavy (non-hydrogen) atoms. The van der Waals surface area contributed by atoms with Crippen molar-refractivity contribution in [3.63, 3.8) is 0 Å². The summed E-state index contributed by atoms with van der Waals surface area (Å²) in [4.78, 5) is 12.2. The van der Waals surface area contributed by atoms with E-state index in [0.717, 1.165) is 5.56 Å². The maximum absolute atomic E-state index is 12.2. The zero-order valence-corrected chi connectivity index (χ0v) is 15.6. The van der Waals surface area contributed by atoms with E-state index in [2.05, 4.69) is 5.32 Å². The molecule has 134 valence electrons. The first kappa shape index (κ1) is 19.2. The Morgan fingerprint density at radius 1 is 1.08 bits per heavy atom. The second kappa shape index (κ2) is 8.83. The van der Waals surface area contributed by atoms with Crippen molar-refractivity contribution in [2.75, 3.05) is 20.8 Å². The second-order valence-corrected chi connectivity index (χ2v) is 6.10. The number of ether oxygens (including phenoxy) is 3. The zero-order chi connectivity index (χ0) is 18.4. The Balaban J connectivity index is 2.00. The third-order valence-electron chi connectivity index (χ3n) is 3.53. The molecule has 0 aromatic heterocycles. The van der Waals surface area contributed by atoms with Crippen LogP contribution in [0.25, 0.3) is 0 Å². The minimum Gasteiger partial charge on any atom is -0.497 e. The maximum atomic E-state index is 12.2. The molecule has 7 heteroatoms. The van der Waals surface area contributed by atoms with E-state index in [0.29, 0.717) is 27.3 Å². The van der Waals surface area contributed by atoms with Crippen molar-refractivity contribution in [3.05, 3.63) is 52.0 Å². The summed E-state index contributed by atoms with van der Waals surface area (Å²) in [6.45, 7) is 1.68. The highest BCUT2D eigenvalue weighted by Crippen LogP contribution is 2.29. The fourth-order valence-electron chi connectivity index (χ4n) is 2.27. The van der Waals surface area contributed by atoms with Gasteiger partial charge in [-0.3, -0.25) is 4.79 Å². The molecule has 2 aromatic carbocycles. The van der Waals surface area contributed by atoms with Crippen LogP contribution in [0.1, 0.15) is 18.5 Å². The van der Waals surface area contributed by atoms with Crippen molar-refractivity contribution in [1.82, 2.24) is 5.32 Å². The van der Waals surface area contributed by atoms with Crippen molar-refractivity contribution in [2.24, 2.45) is 0 Å². The lowest BCUT2D eigenvalue weighted by Gasteiger charge is -2.18. The van der Waals surface area contributed by atoms with Gasteiger partial charge in [-0.2, -0.15) is 0 Å².